The lowest BCUT2D eigenvalue weighted by Gasteiger charge is -2.40. The Labute approximate surface area is 115 Å². The normalized spacial score (nSPS) is 26.4. The van der Waals surface area contributed by atoms with Gasteiger partial charge in [0.25, 0.3) is 0 Å². The molecule has 3 heteroatoms. The van der Waals surface area contributed by atoms with Crippen LogP contribution in [0.15, 0.2) is 30.3 Å². The van der Waals surface area contributed by atoms with E-state index in [0.29, 0.717) is 6.04 Å². The van der Waals surface area contributed by atoms with Gasteiger partial charge in [-0.25, -0.2) is 0 Å². The lowest BCUT2D eigenvalue weighted by molar-refractivity contribution is 0.0235. The topological polar surface area (TPSA) is 24.5 Å². The van der Waals surface area contributed by atoms with Crippen LogP contribution >= 0.6 is 0 Å². The van der Waals surface area contributed by atoms with Crippen LogP contribution in [0, 0.1) is 0 Å². The van der Waals surface area contributed by atoms with E-state index >= 15 is 0 Å². The zero-order valence-corrected chi connectivity index (χ0v) is 11.6. The van der Waals surface area contributed by atoms with Crippen molar-refractivity contribution in [1.29, 1.82) is 0 Å². The Morgan fingerprint density at radius 3 is 2.74 bits per heavy atom. The van der Waals surface area contributed by atoms with Gasteiger partial charge in [0, 0.05) is 44.9 Å². The fourth-order valence-electron chi connectivity index (χ4n) is 3.27. The van der Waals surface area contributed by atoms with E-state index in [1.807, 2.05) is 0 Å². The molecule has 2 fully saturated rings. The molecule has 2 aliphatic heterocycles. The Kier molecular flexibility index (Phi) is 4.49. The zero-order chi connectivity index (χ0) is 12.9. The first-order chi connectivity index (χ1) is 9.42. The van der Waals surface area contributed by atoms with Gasteiger partial charge in [-0.15, -0.1) is 0 Å². The molecule has 0 bridgehead atoms. The lowest BCUT2D eigenvalue weighted by Crippen LogP contribution is -2.55. The average Bonchev–Trinajstić information content (AvgIpc) is 2.49. The molecule has 104 valence electrons. The Hall–Kier alpha value is -0.900. The van der Waals surface area contributed by atoms with Crippen molar-refractivity contribution in [3.8, 4) is 0 Å². The zero-order valence-electron chi connectivity index (χ0n) is 11.6. The van der Waals surface area contributed by atoms with Crippen molar-refractivity contribution in [2.45, 2.75) is 31.3 Å². The molecule has 3 nitrogen and oxygen atoms in total. The molecule has 1 aromatic rings. The monoisotopic (exact) mass is 260 g/mol. The maximum absolute atomic E-state index is 5.47. The first-order valence-electron chi connectivity index (χ1n) is 7.51. The summed E-state index contributed by atoms with van der Waals surface area (Å²) in [5, 5.41) is 3.66. The van der Waals surface area contributed by atoms with Crippen LogP contribution in [0.1, 0.15) is 18.4 Å². The predicted octanol–water partition coefficient (Wildman–Crippen LogP) is 1.68. The van der Waals surface area contributed by atoms with Crippen molar-refractivity contribution >= 4 is 0 Å². The predicted molar refractivity (Wildman–Crippen MR) is 77.4 cm³/mol. The van der Waals surface area contributed by atoms with Crippen LogP contribution in [0.4, 0.5) is 0 Å². The highest BCUT2D eigenvalue weighted by Crippen LogP contribution is 2.17. The van der Waals surface area contributed by atoms with Crippen molar-refractivity contribution in [3.63, 3.8) is 0 Å². The van der Waals surface area contributed by atoms with E-state index in [9.17, 15) is 0 Å². The van der Waals surface area contributed by atoms with Crippen molar-refractivity contribution in [2.24, 2.45) is 0 Å². The summed E-state index contributed by atoms with van der Waals surface area (Å²) in [5.74, 6) is 0. The summed E-state index contributed by atoms with van der Waals surface area (Å²) in [5.41, 5.74) is 1.44. The standard InChI is InChI=1S/C16H24N2O/c1-2-4-14(5-3-1)12-15-13-18(9-8-17-15)16-6-10-19-11-7-16/h1-5,15-17H,6-13H2. The molecular formula is C16H24N2O. The van der Waals surface area contributed by atoms with Crippen LogP contribution in [0.3, 0.4) is 0 Å². The van der Waals surface area contributed by atoms with Crippen molar-refractivity contribution < 1.29 is 4.74 Å². The van der Waals surface area contributed by atoms with Crippen molar-refractivity contribution in [2.75, 3.05) is 32.8 Å². The minimum atomic E-state index is 0.596. The largest absolute Gasteiger partial charge is 0.381 e. The maximum Gasteiger partial charge on any atom is 0.0480 e. The second kappa shape index (κ2) is 6.51. The van der Waals surface area contributed by atoms with Gasteiger partial charge in [-0.2, -0.15) is 0 Å². The van der Waals surface area contributed by atoms with Crippen molar-refractivity contribution in [3.05, 3.63) is 35.9 Å². The highest BCUT2D eigenvalue weighted by molar-refractivity contribution is 5.16. The summed E-state index contributed by atoms with van der Waals surface area (Å²) < 4.78 is 5.47. The fraction of sp³-hybridized carbons (Fsp3) is 0.625. The average molecular weight is 260 g/mol. The molecule has 0 amide bonds. The summed E-state index contributed by atoms with van der Waals surface area (Å²) in [6.07, 6.45) is 3.55. The highest BCUT2D eigenvalue weighted by atomic mass is 16.5. The van der Waals surface area contributed by atoms with Gasteiger partial charge in [-0.05, 0) is 24.8 Å². The second-order valence-corrected chi connectivity index (χ2v) is 5.68. The number of piperazine rings is 1. The van der Waals surface area contributed by atoms with Gasteiger partial charge in [0.1, 0.15) is 0 Å². The van der Waals surface area contributed by atoms with Gasteiger partial charge < -0.3 is 10.1 Å². The van der Waals surface area contributed by atoms with E-state index in [4.69, 9.17) is 4.74 Å². The second-order valence-electron chi connectivity index (χ2n) is 5.68. The van der Waals surface area contributed by atoms with Crippen molar-refractivity contribution in [1.82, 2.24) is 10.2 Å². The molecule has 1 unspecified atom stereocenters. The van der Waals surface area contributed by atoms with Gasteiger partial charge >= 0.3 is 0 Å². The smallest absolute Gasteiger partial charge is 0.0480 e. The number of benzene rings is 1. The Bertz CT molecular complexity index is 376. The molecule has 2 saturated heterocycles. The molecule has 2 heterocycles. The van der Waals surface area contributed by atoms with Gasteiger partial charge in [0.2, 0.25) is 0 Å². The van der Waals surface area contributed by atoms with Gasteiger partial charge in [-0.1, -0.05) is 30.3 Å². The van der Waals surface area contributed by atoms with E-state index in [0.717, 1.165) is 32.2 Å². The third kappa shape index (κ3) is 3.56. The van der Waals surface area contributed by atoms with E-state index in [1.165, 1.54) is 31.5 Å². The molecule has 0 saturated carbocycles. The number of rotatable bonds is 3. The molecule has 1 atom stereocenters. The lowest BCUT2D eigenvalue weighted by atomic mass is 10.0. The molecule has 2 aliphatic rings. The number of nitrogens with zero attached hydrogens (tertiary/aromatic N) is 1. The minimum Gasteiger partial charge on any atom is -0.381 e. The van der Waals surface area contributed by atoms with E-state index in [1.54, 1.807) is 0 Å². The quantitative estimate of drug-likeness (QED) is 0.895. The van der Waals surface area contributed by atoms with Crippen LogP contribution in [0.5, 0.6) is 0 Å². The van der Waals surface area contributed by atoms with Crippen LogP contribution in [0.25, 0.3) is 0 Å². The Morgan fingerprint density at radius 1 is 1.16 bits per heavy atom. The summed E-state index contributed by atoms with van der Waals surface area (Å²) in [6.45, 7) is 5.38. The third-order valence-electron chi connectivity index (χ3n) is 4.32. The molecule has 3 rings (SSSR count). The summed E-state index contributed by atoms with van der Waals surface area (Å²) >= 11 is 0. The van der Waals surface area contributed by atoms with Gasteiger partial charge in [0.05, 0.1) is 0 Å². The van der Waals surface area contributed by atoms with Gasteiger partial charge in [-0.3, -0.25) is 4.90 Å². The maximum atomic E-state index is 5.47. The van der Waals surface area contributed by atoms with Crippen LogP contribution in [-0.4, -0.2) is 49.8 Å². The molecule has 0 aliphatic carbocycles. The van der Waals surface area contributed by atoms with E-state index in [-0.39, 0.29) is 0 Å². The number of hydrogen-bond donors (Lipinski definition) is 1. The third-order valence-corrected chi connectivity index (χ3v) is 4.32. The number of ether oxygens (including phenoxy) is 1. The number of hydrogen-bond acceptors (Lipinski definition) is 3. The van der Waals surface area contributed by atoms with E-state index in [2.05, 4.69) is 40.5 Å². The molecular weight excluding hydrogens is 236 g/mol. The summed E-state index contributed by atoms with van der Waals surface area (Å²) in [7, 11) is 0. The van der Waals surface area contributed by atoms with E-state index < -0.39 is 0 Å². The van der Waals surface area contributed by atoms with Gasteiger partial charge in [0.15, 0.2) is 0 Å². The Morgan fingerprint density at radius 2 is 1.95 bits per heavy atom. The SMILES string of the molecule is c1ccc(CC2CN(C3CCOCC3)CCN2)cc1. The first-order valence-corrected chi connectivity index (χ1v) is 7.51. The summed E-state index contributed by atoms with van der Waals surface area (Å²) in [4.78, 5) is 2.67. The highest BCUT2D eigenvalue weighted by Gasteiger charge is 2.26. The van der Waals surface area contributed by atoms with Crippen LogP contribution in [-0.2, 0) is 11.2 Å². The number of nitrogens with one attached hydrogen (secondary N) is 1. The van der Waals surface area contributed by atoms with Crippen LogP contribution < -0.4 is 5.32 Å². The molecule has 0 aromatic heterocycles. The minimum absolute atomic E-state index is 0.596. The van der Waals surface area contributed by atoms with Crippen LogP contribution in [0.2, 0.25) is 0 Å². The Balaban J connectivity index is 1.55. The first kappa shape index (κ1) is 13.1. The molecule has 0 spiro atoms. The molecule has 1 N–H and O–H groups in total. The summed E-state index contributed by atoms with van der Waals surface area (Å²) in [6, 6.07) is 12.2. The fourth-order valence-corrected chi connectivity index (χ4v) is 3.27. The molecule has 0 radical (unpaired) electrons. The molecule has 1 aromatic carbocycles. The molecule has 19 heavy (non-hydrogen) atoms.